The van der Waals surface area contributed by atoms with Crippen LogP contribution in [0.1, 0.15) is 15.5 Å². The van der Waals surface area contributed by atoms with Crippen LogP contribution in [0.4, 0.5) is 5.69 Å². The standard InChI is InChI=1S/C13H12BClN4OS/c1-19-11-3-7(14)2-9(8(11)5-16-19)18-13(20)10-6-21-12(4-15)17-10/h2-3,5-6H,4,14H2,1H3,(H,18,20). The van der Waals surface area contributed by atoms with Gasteiger partial charge in [-0.25, -0.2) is 4.98 Å². The second-order valence-electron chi connectivity index (χ2n) is 4.73. The van der Waals surface area contributed by atoms with Crippen molar-refractivity contribution in [1.82, 2.24) is 14.8 Å². The van der Waals surface area contributed by atoms with Crippen LogP contribution in [0.2, 0.25) is 0 Å². The number of alkyl halides is 1. The molecule has 106 valence electrons. The predicted molar refractivity (Wildman–Crippen MR) is 88.5 cm³/mol. The Balaban J connectivity index is 1.95. The zero-order valence-corrected chi connectivity index (χ0v) is 13.1. The molecule has 1 N–H and O–H groups in total. The Kier molecular flexibility index (Phi) is 3.69. The zero-order chi connectivity index (χ0) is 15.0. The van der Waals surface area contributed by atoms with Crippen molar-refractivity contribution in [2.45, 2.75) is 5.88 Å². The molecule has 0 saturated heterocycles. The lowest BCUT2D eigenvalue weighted by molar-refractivity contribution is 0.102. The van der Waals surface area contributed by atoms with Crippen LogP contribution in [-0.2, 0) is 12.9 Å². The molecule has 0 spiro atoms. The van der Waals surface area contributed by atoms with Crippen LogP contribution in [0.15, 0.2) is 23.7 Å². The van der Waals surface area contributed by atoms with E-state index in [0.717, 1.165) is 27.1 Å². The predicted octanol–water partition coefficient (Wildman–Crippen LogP) is 1.28. The van der Waals surface area contributed by atoms with Crippen LogP contribution in [-0.4, -0.2) is 28.5 Å². The summed E-state index contributed by atoms with van der Waals surface area (Å²) in [5.74, 6) is 0.0771. The normalized spacial score (nSPS) is 11.0. The summed E-state index contributed by atoms with van der Waals surface area (Å²) in [6.07, 6.45) is 1.75. The number of benzene rings is 1. The van der Waals surface area contributed by atoms with Gasteiger partial charge in [-0.3, -0.25) is 9.48 Å². The summed E-state index contributed by atoms with van der Waals surface area (Å²) in [6, 6.07) is 3.96. The molecule has 0 bridgehead atoms. The number of aromatic nitrogens is 3. The highest BCUT2D eigenvalue weighted by Gasteiger charge is 2.13. The number of halogens is 1. The van der Waals surface area contributed by atoms with Crippen LogP contribution in [0.5, 0.6) is 0 Å². The van der Waals surface area contributed by atoms with E-state index in [1.165, 1.54) is 11.3 Å². The van der Waals surface area contributed by atoms with Crippen molar-refractivity contribution >= 4 is 58.7 Å². The zero-order valence-electron chi connectivity index (χ0n) is 11.6. The van der Waals surface area contributed by atoms with Gasteiger partial charge in [-0.05, 0) is 12.1 Å². The van der Waals surface area contributed by atoms with Crippen molar-refractivity contribution in [1.29, 1.82) is 0 Å². The van der Waals surface area contributed by atoms with Crippen LogP contribution >= 0.6 is 22.9 Å². The Morgan fingerprint density at radius 3 is 3.05 bits per heavy atom. The van der Waals surface area contributed by atoms with Crippen molar-refractivity contribution in [3.05, 3.63) is 34.4 Å². The Hall–Kier alpha value is -1.86. The second-order valence-corrected chi connectivity index (χ2v) is 5.94. The van der Waals surface area contributed by atoms with E-state index < -0.39 is 0 Å². The first-order chi connectivity index (χ1) is 10.1. The Bertz CT molecular complexity index is 829. The van der Waals surface area contributed by atoms with Crippen LogP contribution < -0.4 is 10.8 Å². The van der Waals surface area contributed by atoms with Gasteiger partial charge in [0, 0.05) is 17.8 Å². The van der Waals surface area contributed by atoms with Gasteiger partial charge < -0.3 is 5.32 Å². The second kappa shape index (κ2) is 5.50. The number of nitrogens with zero attached hydrogens (tertiary/aromatic N) is 3. The first-order valence-electron chi connectivity index (χ1n) is 6.32. The van der Waals surface area contributed by atoms with Gasteiger partial charge in [-0.2, -0.15) is 5.10 Å². The molecule has 0 atom stereocenters. The number of carbonyl (C=O) groups is 1. The van der Waals surface area contributed by atoms with E-state index in [1.807, 2.05) is 27.0 Å². The molecule has 8 heteroatoms. The maximum absolute atomic E-state index is 12.3. The molecule has 1 amide bonds. The van der Waals surface area contributed by atoms with Gasteiger partial charge in [0.25, 0.3) is 5.91 Å². The quantitative estimate of drug-likeness (QED) is 0.584. The molecular weight excluding hydrogens is 307 g/mol. The van der Waals surface area contributed by atoms with Gasteiger partial charge in [0.1, 0.15) is 18.5 Å². The summed E-state index contributed by atoms with van der Waals surface area (Å²) in [5, 5.41) is 10.5. The number of carbonyl (C=O) groups excluding carboxylic acids is 1. The number of hydrogen-bond donors (Lipinski definition) is 1. The highest BCUT2D eigenvalue weighted by atomic mass is 35.5. The summed E-state index contributed by atoms with van der Waals surface area (Å²) in [4.78, 5) is 16.5. The Morgan fingerprint density at radius 2 is 2.33 bits per heavy atom. The molecule has 3 aromatic rings. The molecule has 5 nitrogen and oxygen atoms in total. The number of rotatable bonds is 3. The molecule has 0 radical (unpaired) electrons. The molecular formula is C13H12BClN4OS. The number of anilines is 1. The number of amides is 1. The lowest BCUT2D eigenvalue weighted by Gasteiger charge is -2.07. The molecule has 0 fully saturated rings. The van der Waals surface area contributed by atoms with Gasteiger partial charge in [0.05, 0.1) is 23.3 Å². The van der Waals surface area contributed by atoms with Crippen molar-refractivity contribution in [3.8, 4) is 0 Å². The van der Waals surface area contributed by atoms with Crippen molar-refractivity contribution in [2.24, 2.45) is 7.05 Å². The SMILES string of the molecule is Bc1cc(NC(=O)c2csc(CCl)n2)c2cnn(C)c2c1. The van der Waals surface area contributed by atoms with Crippen LogP contribution in [0.3, 0.4) is 0 Å². The van der Waals surface area contributed by atoms with E-state index >= 15 is 0 Å². The lowest BCUT2D eigenvalue weighted by atomic mass is 9.94. The maximum Gasteiger partial charge on any atom is 0.275 e. The van der Waals surface area contributed by atoms with Crippen molar-refractivity contribution < 1.29 is 4.79 Å². The van der Waals surface area contributed by atoms with Gasteiger partial charge in [0.15, 0.2) is 0 Å². The molecule has 0 aliphatic heterocycles. The minimum Gasteiger partial charge on any atom is -0.320 e. The van der Waals surface area contributed by atoms with Crippen molar-refractivity contribution in [3.63, 3.8) is 0 Å². The maximum atomic E-state index is 12.3. The minimum atomic E-state index is -0.238. The third-order valence-corrected chi connectivity index (χ3v) is 4.42. The molecule has 0 aliphatic carbocycles. The number of hydrogen-bond acceptors (Lipinski definition) is 4. The van der Waals surface area contributed by atoms with E-state index in [-0.39, 0.29) is 5.91 Å². The largest absolute Gasteiger partial charge is 0.320 e. The minimum absolute atomic E-state index is 0.238. The molecule has 2 heterocycles. The van der Waals surface area contributed by atoms with E-state index in [4.69, 9.17) is 11.6 Å². The average Bonchev–Trinajstić information content (AvgIpc) is 3.06. The summed E-state index contributed by atoms with van der Waals surface area (Å²) in [6.45, 7) is 0. The molecule has 0 unspecified atom stereocenters. The van der Waals surface area contributed by atoms with E-state index in [2.05, 4.69) is 15.4 Å². The average molecular weight is 319 g/mol. The third kappa shape index (κ3) is 2.66. The molecule has 2 aromatic heterocycles. The third-order valence-electron chi connectivity index (χ3n) is 3.16. The number of aryl methyl sites for hydroxylation is 1. The number of fused-ring (bicyclic) bond motifs is 1. The molecule has 0 saturated carbocycles. The smallest absolute Gasteiger partial charge is 0.275 e. The van der Waals surface area contributed by atoms with Gasteiger partial charge >= 0.3 is 0 Å². The first kappa shape index (κ1) is 14.1. The summed E-state index contributed by atoms with van der Waals surface area (Å²) < 4.78 is 1.78. The Morgan fingerprint density at radius 1 is 1.52 bits per heavy atom. The summed E-state index contributed by atoms with van der Waals surface area (Å²) >= 11 is 7.09. The van der Waals surface area contributed by atoms with Crippen LogP contribution in [0.25, 0.3) is 10.9 Å². The first-order valence-corrected chi connectivity index (χ1v) is 7.74. The number of thiazole rings is 1. The van der Waals surface area contributed by atoms with Gasteiger partial charge in [-0.1, -0.05) is 5.46 Å². The summed E-state index contributed by atoms with van der Waals surface area (Å²) in [7, 11) is 3.86. The summed E-state index contributed by atoms with van der Waals surface area (Å²) in [5.41, 5.74) is 3.16. The fourth-order valence-corrected chi connectivity index (χ4v) is 3.02. The molecule has 3 rings (SSSR count). The van der Waals surface area contributed by atoms with E-state index in [1.54, 1.807) is 16.3 Å². The Labute approximate surface area is 131 Å². The monoisotopic (exact) mass is 318 g/mol. The van der Waals surface area contributed by atoms with Crippen molar-refractivity contribution in [2.75, 3.05) is 5.32 Å². The van der Waals surface area contributed by atoms with E-state index in [9.17, 15) is 4.79 Å². The van der Waals surface area contributed by atoms with Crippen LogP contribution in [0, 0.1) is 0 Å². The topological polar surface area (TPSA) is 59.8 Å². The molecule has 1 aromatic carbocycles. The molecule has 21 heavy (non-hydrogen) atoms. The fraction of sp³-hybridized carbons (Fsp3) is 0.154. The highest BCUT2D eigenvalue weighted by molar-refractivity contribution is 7.10. The lowest BCUT2D eigenvalue weighted by Crippen LogP contribution is -2.15. The highest BCUT2D eigenvalue weighted by Crippen LogP contribution is 2.22. The van der Waals surface area contributed by atoms with Gasteiger partial charge in [-0.15, -0.1) is 22.9 Å². The van der Waals surface area contributed by atoms with E-state index in [0.29, 0.717) is 11.6 Å². The number of nitrogens with one attached hydrogen (secondary N) is 1. The van der Waals surface area contributed by atoms with Gasteiger partial charge in [0.2, 0.25) is 0 Å². The fourth-order valence-electron chi connectivity index (χ4n) is 2.15. The molecule has 0 aliphatic rings.